The fourth-order valence-corrected chi connectivity index (χ4v) is 5.23. The molecule has 0 spiro atoms. The summed E-state index contributed by atoms with van der Waals surface area (Å²) in [6, 6.07) is 15.3. The maximum absolute atomic E-state index is 13.2. The van der Waals surface area contributed by atoms with Crippen molar-refractivity contribution in [3.8, 4) is 11.3 Å². The minimum absolute atomic E-state index is 0.205. The summed E-state index contributed by atoms with van der Waals surface area (Å²) in [5, 5.41) is 1.37. The molecule has 1 N–H and O–H groups in total. The van der Waals surface area contributed by atoms with E-state index in [0.717, 1.165) is 37.3 Å². The number of benzene rings is 2. The fraction of sp³-hybridized carbons (Fsp3) is 0.292. The number of hydrogen-bond acceptors (Lipinski definition) is 3. The van der Waals surface area contributed by atoms with Gasteiger partial charge in [0.05, 0.1) is 11.2 Å². The molecule has 0 radical (unpaired) electrons. The van der Waals surface area contributed by atoms with Crippen LogP contribution in [-0.4, -0.2) is 34.5 Å². The number of rotatable bonds is 5. The predicted octanol–water partition coefficient (Wildman–Crippen LogP) is 5.85. The zero-order valence-electron chi connectivity index (χ0n) is 16.3. The van der Waals surface area contributed by atoms with Crippen LogP contribution in [-0.2, 0) is 6.42 Å². The summed E-state index contributed by atoms with van der Waals surface area (Å²) >= 11 is 1.70. The van der Waals surface area contributed by atoms with Crippen LogP contribution in [0.1, 0.15) is 29.2 Å². The molecule has 1 aliphatic rings. The van der Waals surface area contributed by atoms with Crippen LogP contribution in [0, 0.1) is 5.82 Å². The summed E-state index contributed by atoms with van der Waals surface area (Å²) in [6.07, 6.45) is 5.61. The number of halogens is 1. The Balaban J connectivity index is 1.20. The van der Waals surface area contributed by atoms with Crippen molar-refractivity contribution in [1.29, 1.82) is 0 Å². The monoisotopic (exact) mass is 405 g/mol. The zero-order chi connectivity index (χ0) is 19.6. The highest BCUT2D eigenvalue weighted by Gasteiger charge is 2.23. The molecule has 3 nitrogen and oxygen atoms in total. The van der Waals surface area contributed by atoms with E-state index in [1.807, 2.05) is 17.6 Å². The SMILES string of the molecule is Fc1ccc(-c2ncsc2CCN2CCC(c3c[nH]c4ccccc34)CC2)cc1. The van der Waals surface area contributed by atoms with Gasteiger partial charge < -0.3 is 9.88 Å². The molecule has 148 valence electrons. The van der Waals surface area contributed by atoms with E-state index in [9.17, 15) is 4.39 Å². The third-order valence-corrected chi connectivity index (χ3v) is 6.96. The van der Waals surface area contributed by atoms with E-state index in [4.69, 9.17) is 0 Å². The normalized spacial score (nSPS) is 15.9. The van der Waals surface area contributed by atoms with Gasteiger partial charge in [-0.2, -0.15) is 0 Å². The second-order valence-corrected chi connectivity index (χ2v) is 8.73. The lowest BCUT2D eigenvalue weighted by atomic mass is 9.89. The Labute approximate surface area is 174 Å². The summed E-state index contributed by atoms with van der Waals surface area (Å²) in [4.78, 5) is 11.8. The molecule has 1 saturated heterocycles. The number of para-hydroxylation sites is 1. The first-order valence-electron chi connectivity index (χ1n) is 10.2. The van der Waals surface area contributed by atoms with E-state index < -0.39 is 0 Å². The molecule has 0 unspecified atom stereocenters. The fourth-order valence-electron chi connectivity index (χ4n) is 4.45. The number of likely N-dealkylation sites (tertiary alicyclic amines) is 1. The number of nitrogens with zero attached hydrogens (tertiary/aromatic N) is 2. The zero-order valence-corrected chi connectivity index (χ0v) is 17.1. The standard InChI is InChI=1S/C24H24FN3S/c25-19-7-5-18(6-8-19)24-23(29-16-27-24)11-14-28-12-9-17(10-13-28)21-15-26-22-4-2-1-3-20(21)22/h1-8,15-17,26H,9-14H2. The van der Waals surface area contributed by atoms with Crippen molar-refractivity contribution in [2.75, 3.05) is 19.6 Å². The van der Waals surface area contributed by atoms with Crippen LogP contribution in [0.25, 0.3) is 22.2 Å². The third kappa shape index (κ3) is 3.85. The Bertz CT molecular complexity index is 1090. The van der Waals surface area contributed by atoms with Crippen molar-refractivity contribution in [2.24, 2.45) is 0 Å². The van der Waals surface area contributed by atoms with Gasteiger partial charge >= 0.3 is 0 Å². The number of aromatic nitrogens is 2. The largest absolute Gasteiger partial charge is 0.361 e. The topological polar surface area (TPSA) is 31.9 Å². The molecule has 0 saturated carbocycles. The van der Waals surface area contributed by atoms with Crippen molar-refractivity contribution >= 4 is 22.2 Å². The van der Waals surface area contributed by atoms with Gasteiger partial charge in [-0.3, -0.25) is 0 Å². The van der Waals surface area contributed by atoms with Crippen LogP contribution in [0.3, 0.4) is 0 Å². The molecule has 0 atom stereocenters. The van der Waals surface area contributed by atoms with Crippen LogP contribution in [0.5, 0.6) is 0 Å². The molecule has 0 bridgehead atoms. The summed E-state index contributed by atoms with van der Waals surface area (Å²) in [7, 11) is 0. The van der Waals surface area contributed by atoms with Gasteiger partial charge in [0.25, 0.3) is 0 Å². The first-order valence-corrected chi connectivity index (χ1v) is 11.1. The van der Waals surface area contributed by atoms with Crippen molar-refractivity contribution in [2.45, 2.75) is 25.2 Å². The highest BCUT2D eigenvalue weighted by molar-refractivity contribution is 7.10. The molecule has 2 aromatic heterocycles. The first-order chi connectivity index (χ1) is 14.3. The molecule has 5 heteroatoms. The van der Waals surface area contributed by atoms with Crippen LogP contribution < -0.4 is 0 Å². The molecule has 5 rings (SSSR count). The lowest BCUT2D eigenvalue weighted by Crippen LogP contribution is -2.34. The molecule has 3 heterocycles. The number of piperidine rings is 1. The minimum atomic E-state index is -0.205. The highest BCUT2D eigenvalue weighted by Crippen LogP contribution is 2.33. The Morgan fingerprint density at radius 2 is 1.86 bits per heavy atom. The number of aromatic amines is 1. The third-order valence-electron chi connectivity index (χ3n) is 6.06. The van der Waals surface area contributed by atoms with Gasteiger partial charge in [0.1, 0.15) is 5.82 Å². The molecule has 29 heavy (non-hydrogen) atoms. The Morgan fingerprint density at radius 3 is 2.69 bits per heavy atom. The summed E-state index contributed by atoms with van der Waals surface area (Å²) in [5.74, 6) is 0.434. The van der Waals surface area contributed by atoms with Crippen molar-refractivity contribution in [3.05, 3.63) is 76.5 Å². The predicted molar refractivity (Wildman–Crippen MR) is 118 cm³/mol. The Morgan fingerprint density at radius 1 is 1.07 bits per heavy atom. The van der Waals surface area contributed by atoms with Gasteiger partial charge in [-0.05, 0) is 74.2 Å². The minimum Gasteiger partial charge on any atom is -0.361 e. The van der Waals surface area contributed by atoms with Gasteiger partial charge in [0.2, 0.25) is 0 Å². The maximum Gasteiger partial charge on any atom is 0.123 e. The molecule has 1 fully saturated rings. The molecule has 1 aliphatic heterocycles. The number of hydrogen-bond donors (Lipinski definition) is 1. The lowest BCUT2D eigenvalue weighted by molar-refractivity contribution is 0.215. The maximum atomic E-state index is 13.2. The molecular weight excluding hydrogens is 381 g/mol. The van der Waals surface area contributed by atoms with Crippen molar-refractivity contribution < 1.29 is 4.39 Å². The van der Waals surface area contributed by atoms with Gasteiger partial charge in [-0.15, -0.1) is 11.3 Å². The van der Waals surface area contributed by atoms with E-state index in [1.165, 1.54) is 46.3 Å². The van der Waals surface area contributed by atoms with E-state index in [1.54, 1.807) is 11.3 Å². The average molecular weight is 406 g/mol. The van der Waals surface area contributed by atoms with Crippen molar-refractivity contribution in [3.63, 3.8) is 0 Å². The quantitative estimate of drug-likeness (QED) is 0.451. The van der Waals surface area contributed by atoms with Crippen LogP contribution in [0.2, 0.25) is 0 Å². The average Bonchev–Trinajstić information content (AvgIpc) is 3.40. The Kier molecular flexibility index (Phi) is 5.17. The molecule has 0 amide bonds. The van der Waals surface area contributed by atoms with E-state index >= 15 is 0 Å². The van der Waals surface area contributed by atoms with Gasteiger partial charge in [0, 0.05) is 34.1 Å². The van der Waals surface area contributed by atoms with Crippen LogP contribution in [0.4, 0.5) is 4.39 Å². The highest BCUT2D eigenvalue weighted by atomic mass is 32.1. The van der Waals surface area contributed by atoms with E-state index in [2.05, 4.69) is 45.3 Å². The second kappa shape index (κ2) is 8.09. The number of thiazole rings is 1. The Hall–Kier alpha value is -2.50. The first kappa shape index (κ1) is 18.5. The lowest BCUT2D eigenvalue weighted by Gasteiger charge is -2.31. The molecule has 2 aromatic carbocycles. The summed E-state index contributed by atoms with van der Waals surface area (Å²) in [6.45, 7) is 3.32. The molecule has 0 aliphatic carbocycles. The number of nitrogens with one attached hydrogen (secondary N) is 1. The van der Waals surface area contributed by atoms with Crippen LogP contribution in [0.15, 0.2) is 60.2 Å². The van der Waals surface area contributed by atoms with Gasteiger partial charge in [-0.1, -0.05) is 18.2 Å². The second-order valence-electron chi connectivity index (χ2n) is 7.79. The number of fused-ring (bicyclic) bond motifs is 1. The van der Waals surface area contributed by atoms with Gasteiger partial charge in [0.15, 0.2) is 0 Å². The van der Waals surface area contributed by atoms with Crippen LogP contribution >= 0.6 is 11.3 Å². The van der Waals surface area contributed by atoms with Gasteiger partial charge in [-0.25, -0.2) is 9.37 Å². The smallest absolute Gasteiger partial charge is 0.123 e. The summed E-state index contributed by atoms with van der Waals surface area (Å²) in [5.41, 5.74) is 6.62. The van der Waals surface area contributed by atoms with E-state index in [0.29, 0.717) is 5.92 Å². The molecular formula is C24H24FN3S. The molecule has 4 aromatic rings. The van der Waals surface area contributed by atoms with Crippen molar-refractivity contribution in [1.82, 2.24) is 14.9 Å². The number of H-pyrrole nitrogens is 1. The summed E-state index contributed by atoms with van der Waals surface area (Å²) < 4.78 is 13.2. The van der Waals surface area contributed by atoms with E-state index in [-0.39, 0.29) is 5.82 Å².